The highest BCUT2D eigenvalue weighted by Crippen LogP contribution is 2.17. The molecule has 0 saturated carbocycles. The lowest BCUT2D eigenvalue weighted by Crippen LogP contribution is -2.23. The Bertz CT molecular complexity index is 782. The minimum Gasteiger partial charge on any atom is -0.384 e. The molecule has 0 bridgehead atoms. The molecule has 0 aliphatic rings. The van der Waals surface area contributed by atoms with Crippen LogP contribution < -0.4 is 4.72 Å². The van der Waals surface area contributed by atoms with Crippen LogP contribution in [0, 0.1) is 18.8 Å². The van der Waals surface area contributed by atoms with Gasteiger partial charge in [0, 0.05) is 22.4 Å². The van der Waals surface area contributed by atoms with Gasteiger partial charge in [0.15, 0.2) is 0 Å². The van der Waals surface area contributed by atoms with E-state index < -0.39 is 10.0 Å². The molecule has 0 fully saturated rings. The topological polar surface area (TPSA) is 66.4 Å². The molecule has 0 aliphatic heterocycles. The van der Waals surface area contributed by atoms with E-state index in [2.05, 4.69) is 16.6 Å². The molecular weight excluding hydrogens is 306 g/mol. The highest BCUT2D eigenvalue weighted by Gasteiger charge is 2.15. The number of sulfonamides is 1. The summed E-state index contributed by atoms with van der Waals surface area (Å²) >= 11 is 1.43. The van der Waals surface area contributed by atoms with Crippen LogP contribution >= 0.6 is 11.3 Å². The van der Waals surface area contributed by atoms with Crippen molar-refractivity contribution in [2.24, 2.45) is 0 Å². The molecule has 2 N–H and O–H groups in total. The van der Waals surface area contributed by atoms with Gasteiger partial charge in [-0.15, -0.1) is 11.3 Å². The van der Waals surface area contributed by atoms with Crippen molar-refractivity contribution in [2.75, 3.05) is 6.61 Å². The van der Waals surface area contributed by atoms with Crippen molar-refractivity contribution in [1.29, 1.82) is 0 Å². The van der Waals surface area contributed by atoms with Crippen molar-refractivity contribution in [1.82, 2.24) is 4.72 Å². The summed E-state index contributed by atoms with van der Waals surface area (Å²) in [6.07, 6.45) is 0. The average molecular weight is 321 g/mol. The monoisotopic (exact) mass is 321 g/mol. The van der Waals surface area contributed by atoms with Crippen LogP contribution in [-0.4, -0.2) is 20.1 Å². The van der Waals surface area contributed by atoms with Crippen molar-refractivity contribution in [3.8, 4) is 11.8 Å². The number of hydrogen-bond acceptors (Lipinski definition) is 4. The second-order valence-corrected chi connectivity index (χ2v) is 7.08. The summed E-state index contributed by atoms with van der Waals surface area (Å²) in [4.78, 5) is 1.16. The maximum Gasteiger partial charge on any atom is 0.241 e. The van der Waals surface area contributed by atoms with Crippen LogP contribution in [0.25, 0.3) is 0 Å². The van der Waals surface area contributed by atoms with Crippen LogP contribution in [0.15, 0.2) is 40.6 Å². The fourth-order valence-electron chi connectivity index (χ4n) is 1.78. The average Bonchev–Trinajstić information content (AvgIpc) is 2.91. The zero-order valence-corrected chi connectivity index (χ0v) is 13.1. The predicted molar refractivity (Wildman–Crippen MR) is 83.5 cm³/mol. The van der Waals surface area contributed by atoms with E-state index in [0.29, 0.717) is 10.5 Å². The maximum atomic E-state index is 12.2. The first-order valence-electron chi connectivity index (χ1n) is 6.25. The van der Waals surface area contributed by atoms with Gasteiger partial charge >= 0.3 is 0 Å². The molecule has 1 heterocycles. The molecule has 4 nitrogen and oxygen atoms in total. The van der Waals surface area contributed by atoms with Gasteiger partial charge in [0.05, 0.1) is 4.90 Å². The Morgan fingerprint density at radius 2 is 2.10 bits per heavy atom. The quantitative estimate of drug-likeness (QED) is 0.845. The molecule has 0 aliphatic carbocycles. The number of aliphatic hydroxyl groups excluding tert-OH is 1. The van der Waals surface area contributed by atoms with Crippen molar-refractivity contribution in [3.63, 3.8) is 0 Å². The molecule has 0 spiro atoms. The summed E-state index contributed by atoms with van der Waals surface area (Å²) < 4.78 is 27.1. The smallest absolute Gasteiger partial charge is 0.241 e. The van der Waals surface area contributed by atoms with Crippen LogP contribution in [0.4, 0.5) is 0 Å². The van der Waals surface area contributed by atoms with E-state index in [1.165, 1.54) is 11.3 Å². The van der Waals surface area contributed by atoms with Crippen molar-refractivity contribution >= 4 is 21.4 Å². The van der Waals surface area contributed by atoms with Gasteiger partial charge in [-0.2, -0.15) is 0 Å². The molecule has 0 radical (unpaired) electrons. The third-order valence-electron chi connectivity index (χ3n) is 2.79. The van der Waals surface area contributed by atoms with Crippen molar-refractivity contribution in [3.05, 3.63) is 51.7 Å². The van der Waals surface area contributed by atoms with Crippen LogP contribution in [0.1, 0.15) is 16.0 Å². The second-order valence-electron chi connectivity index (χ2n) is 4.35. The zero-order valence-electron chi connectivity index (χ0n) is 11.5. The van der Waals surface area contributed by atoms with E-state index >= 15 is 0 Å². The van der Waals surface area contributed by atoms with Crippen molar-refractivity contribution < 1.29 is 13.5 Å². The third-order valence-corrected chi connectivity index (χ3v) is 5.28. The summed E-state index contributed by atoms with van der Waals surface area (Å²) in [5, 5.41) is 10.5. The molecule has 110 valence electrons. The summed E-state index contributed by atoms with van der Waals surface area (Å²) in [5.41, 5.74) is 1.49. The highest BCUT2D eigenvalue weighted by atomic mass is 32.2. The number of rotatable bonds is 4. The second kappa shape index (κ2) is 6.87. The first kappa shape index (κ1) is 15.7. The Morgan fingerprint density at radius 1 is 1.33 bits per heavy atom. The molecular formula is C15H15NO3S2. The van der Waals surface area contributed by atoms with Gasteiger partial charge in [0.1, 0.15) is 6.61 Å². The lowest BCUT2D eigenvalue weighted by molar-refractivity contribution is 0.350. The summed E-state index contributed by atoms with van der Waals surface area (Å²) in [6.45, 7) is 1.80. The van der Waals surface area contributed by atoms with Gasteiger partial charge in [-0.25, -0.2) is 13.1 Å². The van der Waals surface area contributed by atoms with Gasteiger partial charge in [-0.1, -0.05) is 30.0 Å². The standard InChI is InChI=1S/C15H15NO3S2/c1-12-5-2-3-7-15(12)21(18,19)16-10-14-9-13(11-20-14)6-4-8-17/h2-3,5,7,9,11,16-17H,8,10H2,1H3. The number of aliphatic hydroxyl groups is 1. The molecule has 1 aromatic heterocycles. The molecule has 21 heavy (non-hydrogen) atoms. The van der Waals surface area contributed by atoms with Crippen LogP contribution in [0.3, 0.4) is 0 Å². The maximum absolute atomic E-state index is 12.2. The Hall–Kier alpha value is -1.65. The zero-order chi connectivity index (χ0) is 15.3. The van der Waals surface area contributed by atoms with Gasteiger partial charge < -0.3 is 5.11 Å². The van der Waals surface area contributed by atoms with E-state index in [-0.39, 0.29) is 13.2 Å². The van der Waals surface area contributed by atoms with E-state index in [1.807, 2.05) is 11.4 Å². The Labute approximate surface area is 128 Å². The summed E-state index contributed by atoms with van der Waals surface area (Å²) in [5.74, 6) is 5.34. The minimum absolute atomic E-state index is 0.189. The molecule has 6 heteroatoms. The Kier molecular flexibility index (Phi) is 5.15. The largest absolute Gasteiger partial charge is 0.384 e. The highest BCUT2D eigenvalue weighted by molar-refractivity contribution is 7.89. The molecule has 0 atom stereocenters. The van der Waals surface area contributed by atoms with E-state index in [1.54, 1.807) is 31.2 Å². The van der Waals surface area contributed by atoms with Gasteiger partial charge in [0.2, 0.25) is 10.0 Å². The summed E-state index contributed by atoms with van der Waals surface area (Å²) in [6, 6.07) is 8.68. The lowest BCUT2D eigenvalue weighted by atomic mass is 10.2. The molecule has 2 aromatic rings. The van der Waals surface area contributed by atoms with E-state index in [4.69, 9.17) is 5.11 Å². The first-order chi connectivity index (χ1) is 10.0. The Morgan fingerprint density at radius 3 is 2.81 bits per heavy atom. The fraction of sp³-hybridized carbons (Fsp3) is 0.200. The number of thiophene rings is 1. The van der Waals surface area contributed by atoms with Gasteiger partial charge in [0.25, 0.3) is 0 Å². The third kappa shape index (κ3) is 4.16. The van der Waals surface area contributed by atoms with Crippen molar-refractivity contribution in [2.45, 2.75) is 18.4 Å². The normalized spacial score (nSPS) is 11.0. The van der Waals surface area contributed by atoms with Gasteiger partial charge in [-0.05, 0) is 24.6 Å². The molecule has 0 saturated heterocycles. The van der Waals surface area contributed by atoms with Crippen LogP contribution in [0.5, 0.6) is 0 Å². The van der Waals surface area contributed by atoms with Crippen LogP contribution in [0.2, 0.25) is 0 Å². The Balaban J connectivity index is 2.09. The fourth-order valence-corrected chi connectivity index (χ4v) is 3.88. The lowest BCUT2D eigenvalue weighted by Gasteiger charge is -2.08. The minimum atomic E-state index is -3.52. The predicted octanol–water partition coefficient (Wildman–Crippen LogP) is 1.88. The van der Waals surface area contributed by atoms with Gasteiger partial charge in [-0.3, -0.25) is 0 Å². The molecule has 0 amide bonds. The molecule has 2 rings (SSSR count). The molecule has 1 aromatic carbocycles. The van der Waals surface area contributed by atoms with E-state index in [9.17, 15) is 8.42 Å². The SMILES string of the molecule is Cc1ccccc1S(=O)(=O)NCc1cc(C#CCO)cs1. The van der Waals surface area contributed by atoms with Crippen LogP contribution in [-0.2, 0) is 16.6 Å². The number of hydrogen-bond donors (Lipinski definition) is 2. The number of nitrogens with one attached hydrogen (secondary N) is 1. The summed E-state index contributed by atoms with van der Waals surface area (Å²) in [7, 11) is -3.52. The number of benzene rings is 1. The first-order valence-corrected chi connectivity index (χ1v) is 8.61. The molecule has 0 unspecified atom stereocenters. The van der Waals surface area contributed by atoms with E-state index in [0.717, 1.165) is 10.4 Å². The number of aryl methyl sites for hydroxylation is 1.